The van der Waals surface area contributed by atoms with Crippen molar-refractivity contribution in [2.24, 2.45) is 4.99 Å². The number of nitrogens with zero attached hydrogens (tertiary/aromatic N) is 3. The predicted octanol–water partition coefficient (Wildman–Crippen LogP) is 1.99. The van der Waals surface area contributed by atoms with E-state index in [0.717, 1.165) is 51.5 Å². The van der Waals surface area contributed by atoms with Gasteiger partial charge in [0.2, 0.25) is 5.91 Å². The molecule has 3 N–H and O–H groups in total. The zero-order chi connectivity index (χ0) is 21.5. The number of carbonyl (C=O) groups excluding carboxylic acids is 1. The Bertz CT molecular complexity index is 864. The number of aromatic nitrogens is 1. The molecule has 0 spiro atoms. The lowest BCUT2D eigenvalue weighted by molar-refractivity contribution is -0.123. The van der Waals surface area contributed by atoms with E-state index in [2.05, 4.69) is 61.7 Å². The molecule has 1 aliphatic heterocycles. The number of piperazine rings is 1. The molecule has 0 saturated carbocycles. The lowest BCUT2D eigenvalue weighted by atomic mass is 10.1. The van der Waals surface area contributed by atoms with Crippen LogP contribution in [0.4, 0.5) is 0 Å². The van der Waals surface area contributed by atoms with Crippen LogP contribution in [0.1, 0.15) is 31.9 Å². The van der Waals surface area contributed by atoms with Crippen LogP contribution in [0, 0.1) is 0 Å². The van der Waals surface area contributed by atoms with Crippen LogP contribution in [-0.4, -0.2) is 79.0 Å². The molecule has 30 heavy (non-hydrogen) atoms. The van der Waals surface area contributed by atoms with Gasteiger partial charge in [-0.15, -0.1) is 0 Å². The van der Waals surface area contributed by atoms with Crippen molar-refractivity contribution in [1.82, 2.24) is 25.4 Å². The van der Waals surface area contributed by atoms with Crippen LogP contribution in [0.5, 0.6) is 0 Å². The Morgan fingerprint density at radius 1 is 1.20 bits per heavy atom. The van der Waals surface area contributed by atoms with Crippen LogP contribution in [0.25, 0.3) is 10.9 Å². The number of aryl methyl sites for hydroxylation is 1. The number of aliphatic imine (C=N–C) groups is 1. The van der Waals surface area contributed by atoms with Crippen LogP contribution < -0.4 is 10.6 Å². The van der Waals surface area contributed by atoms with Crippen LogP contribution >= 0.6 is 0 Å². The Morgan fingerprint density at radius 2 is 1.97 bits per heavy atom. The number of hydrogen-bond acceptors (Lipinski definition) is 3. The normalized spacial score (nSPS) is 15.8. The van der Waals surface area contributed by atoms with E-state index in [9.17, 15) is 4.79 Å². The largest absolute Gasteiger partial charge is 0.361 e. The van der Waals surface area contributed by atoms with Crippen LogP contribution in [0.15, 0.2) is 29.4 Å². The fourth-order valence-corrected chi connectivity index (χ4v) is 4.11. The quantitative estimate of drug-likeness (QED) is 0.480. The number of aromatic amines is 1. The van der Waals surface area contributed by atoms with Gasteiger partial charge in [-0.1, -0.05) is 25.1 Å². The molecule has 1 aromatic carbocycles. The fourth-order valence-electron chi connectivity index (χ4n) is 4.11. The van der Waals surface area contributed by atoms with Gasteiger partial charge in [-0.25, -0.2) is 0 Å². The average Bonchev–Trinajstić information content (AvgIpc) is 3.14. The first-order valence-corrected chi connectivity index (χ1v) is 11.1. The lowest BCUT2D eigenvalue weighted by Crippen LogP contribution is -2.54. The van der Waals surface area contributed by atoms with Gasteiger partial charge in [-0.2, -0.15) is 0 Å². The van der Waals surface area contributed by atoms with E-state index in [1.807, 2.05) is 20.9 Å². The molecular formula is C23H36N6O. The van der Waals surface area contributed by atoms with Gasteiger partial charge in [-0.3, -0.25) is 14.7 Å². The number of guanidine groups is 1. The van der Waals surface area contributed by atoms with Gasteiger partial charge in [0.05, 0.1) is 6.54 Å². The molecule has 0 unspecified atom stereocenters. The van der Waals surface area contributed by atoms with Gasteiger partial charge < -0.3 is 20.5 Å². The van der Waals surface area contributed by atoms with Crippen molar-refractivity contribution >= 4 is 22.8 Å². The van der Waals surface area contributed by atoms with Gasteiger partial charge in [0, 0.05) is 62.9 Å². The van der Waals surface area contributed by atoms with E-state index in [-0.39, 0.29) is 11.9 Å². The zero-order valence-electron chi connectivity index (χ0n) is 18.8. The smallest absolute Gasteiger partial charge is 0.234 e. The van der Waals surface area contributed by atoms with Gasteiger partial charge in [-0.05, 0) is 37.8 Å². The number of H-pyrrole nitrogens is 1. The predicted molar refractivity (Wildman–Crippen MR) is 124 cm³/mol. The van der Waals surface area contributed by atoms with E-state index in [4.69, 9.17) is 0 Å². The van der Waals surface area contributed by atoms with Crippen molar-refractivity contribution in [3.8, 4) is 0 Å². The Morgan fingerprint density at radius 3 is 2.63 bits per heavy atom. The SMILES string of the molecule is CCc1cccc2c(CCNC(=NC)N3CCN(CC(=O)NC(C)C)CC3)c[nH]c12. The number of amides is 1. The van der Waals surface area contributed by atoms with E-state index < -0.39 is 0 Å². The highest BCUT2D eigenvalue weighted by atomic mass is 16.2. The summed E-state index contributed by atoms with van der Waals surface area (Å²) in [6.45, 7) is 11.0. The molecule has 0 bridgehead atoms. The number of nitrogens with one attached hydrogen (secondary N) is 3. The molecule has 0 radical (unpaired) electrons. The first kappa shape index (κ1) is 22.2. The summed E-state index contributed by atoms with van der Waals surface area (Å²) in [5.41, 5.74) is 3.96. The summed E-state index contributed by atoms with van der Waals surface area (Å²) in [5, 5.41) is 7.80. The van der Waals surface area contributed by atoms with E-state index >= 15 is 0 Å². The third-order valence-corrected chi connectivity index (χ3v) is 5.65. The fraction of sp³-hybridized carbons (Fsp3) is 0.565. The number of fused-ring (bicyclic) bond motifs is 1. The minimum absolute atomic E-state index is 0.103. The lowest BCUT2D eigenvalue weighted by Gasteiger charge is -2.36. The highest BCUT2D eigenvalue weighted by Gasteiger charge is 2.21. The molecular weight excluding hydrogens is 376 g/mol. The molecule has 2 aromatic rings. The minimum atomic E-state index is 0.103. The topological polar surface area (TPSA) is 75.8 Å². The van der Waals surface area contributed by atoms with E-state index in [1.165, 1.54) is 22.0 Å². The number of carbonyl (C=O) groups is 1. The Hall–Kier alpha value is -2.54. The van der Waals surface area contributed by atoms with Crippen molar-refractivity contribution in [1.29, 1.82) is 0 Å². The summed E-state index contributed by atoms with van der Waals surface area (Å²) in [6.07, 6.45) is 4.12. The maximum absolute atomic E-state index is 12.0. The molecule has 1 aromatic heterocycles. The molecule has 0 atom stereocenters. The molecule has 164 valence electrons. The molecule has 1 amide bonds. The summed E-state index contributed by atoms with van der Waals surface area (Å²) in [4.78, 5) is 24.4. The summed E-state index contributed by atoms with van der Waals surface area (Å²) in [6, 6.07) is 6.72. The summed E-state index contributed by atoms with van der Waals surface area (Å²) >= 11 is 0. The van der Waals surface area contributed by atoms with Crippen molar-refractivity contribution in [3.63, 3.8) is 0 Å². The summed E-state index contributed by atoms with van der Waals surface area (Å²) in [7, 11) is 1.84. The highest BCUT2D eigenvalue weighted by molar-refractivity contribution is 5.86. The molecule has 3 rings (SSSR count). The van der Waals surface area contributed by atoms with Crippen LogP contribution in [-0.2, 0) is 17.6 Å². The van der Waals surface area contributed by atoms with E-state index in [1.54, 1.807) is 0 Å². The molecule has 1 fully saturated rings. The molecule has 2 heterocycles. The third kappa shape index (κ3) is 5.53. The average molecular weight is 413 g/mol. The second-order valence-electron chi connectivity index (χ2n) is 8.22. The summed E-state index contributed by atoms with van der Waals surface area (Å²) < 4.78 is 0. The number of rotatable bonds is 7. The van der Waals surface area contributed by atoms with Gasteiger partial charge >= 0.3 is 0 Å². The number of benzene rings is 1. The first-order valence-electron chi connectivity index (χ1n) is 11.1. The van der Waals surface area contributed by atoms with Gasteiger partial charge in [0.1, 0.15) is 0 Å². The molecule has 1 aliphatic rings. The Labute approximate surface area is 179 Å². The van der Waals surface area contributed by atoms with Gasteiger partial charge in [0.25, 0.3) is 0 Å². The molecule has 7 heteroatoms. The Balaban J connectivity index is 1.47. The van der Waals surface area contributed by atoms with Crippen molar-refractivity contribution in [2.45, 2.75) is 39.7 Å². The second-order valence-corrected chi connectivity index (χ2v) is 8.22. The Kier molecular flexibility index (Phi) is 7.74. The third-order valence-electron chi connectivity index (χ3n) is 5.65. The van der Waals surface area contributed by atoms with Crippen molar-refractivity contribution < 1.29 is 4.79 Å². The van der Waals surface area contributed by atoms with Crippen LogP contribution in [0.2, 0.25) is 0 Å². The monoisotopic (exact) mass is 412 g/mol. The maximum Gasteiger partial charge on any atom is 0.234 e. The standard InChI is InChI=1S/C23H36N6O/c1-5-18-7-6-8-20-19(15-26-22(18)20)9-10-25-23(24-4)29-13-11-28(12-14-29)16-21(30)27-17(2)3/h6-8,15,17,26H,5,9-14,16H2,1-4H3,(H,24,25)(H,27,30). The zero-order valence-corrected chi connectivity index (χ0v) is 18.8. The highest BCUT2D eigenvalue weighted by Crippen LogP contribution is 2.22. The van der Waals surface area contributed by atoms with Crippen LogP contribution in [0.3, 0.4) is 0 Å². The number of hydrogen-bond donors (Lipinski definition) is 3. The van der Waals surface area contributed by atoms with Crippen molar-refractivity contribution in [3.05, 3.63) is 35.5 Å². The van der Waals surface area contributed by atoms with Crippen molar-refractivity contribution in [2.75, 3.05) is 46.3 Å². The second kappa shape index (κ2) is 10.5. The van der Waals surface area contributed by atoms with E-state index in [0.29, 0.717) is 6.54 Å². The minimum Gasteiger partial charge on any atom is -0.361 e. The molecule has 7 nitrogen and oxygen atoms in total. The number of para-hydroxylation sites is 1. The summed E-state index contributed by atoms with van der Waals surface area (Å²) in [5.74, 6) is 1.04. The molecule has 0 aliphatic carbocycles. The molecule has 1 saturated heterocycles. The maximum atomic E-state index is 12.0. The van der Waals surface area contributed by atoms with Gasteiger partial charge in [0.15, 0.2) is 5.96 Å². The first-order chi connectivity index (χ1) is 14.5.